The molecule has 0 bridgehead atoms. The van der Waals surface area contributed by atoms with Crippen LogP contribution in [0.4, 0.5) is 0 Å². The van der Waals surface area contributed by atoms with Crippen molar-refractivity contribution in [3.63, 3.8) is 0 Å². The Morgan fingerprint density at radius 3 is 2.83 bits per heavy atom. The van der Waals surface area contributed by atoms with Gasteiger partial charge in [-0.2, -0.15) is 0 Å². The van der Waals surface area contributed by atoms with Crippen LogP contribution in [0.3, 0.4) is 0 Å². The zero-order chi connectivity index (χ0) is 13.2. The first-order valence-electron chi connectivity index (χ1n) is 6.69. The van der Waals surface area contributed by atoms with Crippen LogP contribution in [0.2, 0.25) is 0 Å². The van der Waals surface area contributed by atoms with Crippen LogP contribution < -0.4 is 5.73 Å². The zero-order valence-electron chi connectivity index (χ0n) is 11.6. The standard InChI is InChI=1S/C14H24N2O2/c1-4-11(15)13(12-6-5-8-18-12)16-7-9-17-10-14(16,2)3/h5-6,8,11,13H,4,7,9-10,15H2,1-3H3. The highest BCUT2D eigenvalue weighted by atomic mass is 16.5. The fourth-order valence-corrected chi connectivity index (χ4v) is 2.66. The number of nitrogens with two attached hydrogens (primary N) is 1. The van der Waals surface area contributed by atoms with Crippen LogP contribution in [0.5, 0.6) is 0 Å². The molecule has 1 aromatic rings. The number of hydrogen-bond acceptors (Lipinski definition) is 4. The van der Waals surface area contributed by atoms with E-state index in [2.05, 4.69) is 25.7 Å². The van der Waals surface area contributed by atoms with Crippen molar-refractivity contribution < 1.29 is 9.15 Å². The van der Waals surface area contributed by atoms with Crippen LogP contribution in [0.1, 0.15) is 39.0 Å². The van der Waals surface area contributed by atoms with Crippen molar-refractivity contribution in [3.8, 4) is 0 Å². The Morgan fingerprint density at radius 1 is 1.50 bits per heavy atom. The molecule has 1 fully saturated rings. The SMILES string of the molecule is CCC(N)C(c1ccco1)N1CCOCC1(C)C. The van der Waals surface area contributed by atoms with Crippen molar-refractivity contribution in [1.82, 2.24) is 4.90 Å². The summed E-state index contributed by atoms with van der Waals surface area (Å²) in [5.74, 6) is 0.958. The van der Waals surface area contributed by atoms with Crippen molar-refractivity contribution in [1.29, 1.82) is 0 Å². The normalized spacial score (nSPS) is 23.8. The van der Waals surface area contributed by atoms with Gasteiger partial charge in [-0.05, 0) is 32.4 Å². The Labute approximate surface area is 109 Å². The second-order valence-electron chi connectivity index (χ2n) is 5.59. The molecule has 1 aliphatic heterocycles. The van der Waals surface area contributed by atoms with E-state index < -0.39 is 0 Å². The summed E-state index contributed by atoms with van der Waals surface area (Å²) in [7, 11) is 0. The van der Waals surface area contributed by atoms with E-state index in [0.717, 1.165) is 31.9 Å². The van der Waals surface area contributed by atoms with Crippen LogP contribution in [-0.2, 0) is 4.74 Å². The Kier molecular flexibility index (Phi) is 4.10. The van der Waals surface area contributed by atoms with Gasteiger partial charge in [0.2, 0.25) is 0 Å². The van der Waals surface area contributed by atoms with Gasteiger partial charge in [-0.15, -0.1) is 0 Å². The maximum absolute atomic E-state index is 6.32. The molecule has 2 heterocycles. The van der Waals surface area contributed by atoms with Crippen LogP contribution in [0.15, 0.2) is 22.8 Å². The summed E-state index contributed by atoms with van der Waals surface area (Å²) in [6, 6.07) is 4.15. The molecule has 102 valence electrons. The van der Waals surface area contributed by atoms with Gasteiger partial charge in [0.25, 0.3) is 0 Å². The van der Waals surface area contributed by atoms with E-state index in [0.29, 0.717) is 0 Å². The van der Waals surface area contributed by atoms with E-state index in [1.165, 1.54) is 0 Å². The molecule has 2 atom stereocenters. The highest BCUT2D eigenvalue weighted by Crippen LogP contribution is 2.33. The highest BCUT2D eigenvalue weighted by molar-refractivity contribution is 5.10. The third-order valence-corrected chi connectivity index (χ3v) is 3.76. The third kappa shape index (κ3) is 2.60. The van der Waals surface area contributed by atoms with Gasteiger partial charge in [-0.25, -0.2) is 0 Å². The molecular weight excluding hydrogens is 228 g/mol. The van der Waals surface area contributed by atoms with E-state index in [1.807, 2.05) is 12.1 Å². The predicted octanol–water partition coefficient (Wildman–Crippen LogP) is 2.17. The average molecular weight is 252 g/mol. The van der Waals surface area contributed by atoms with Gasteiger partial charge in [-0.3, -0.25) is 4.90 Å². The molecule has 2 rings (SSSR count). The molecule has 2 N–H and O–H groups in total. The largest absolute Gasteiger partial charge is 0.468 e. The first-order chi connectivity index (χ1) is 8.56. The molecule has 18 heavy (non-hydrogen) atoms. The van der Waals surface area contributed by atoms with E-state index in [1.54, 1.807) is 6.26 Å². The summed E-state index contributed by atoms with van der Waals surface area (Å²) in [5, 5.41) is 0. The molecule has 0 spiro atoms. The van der Waals surface area contributed by atoms with Gasteiger partial charge < -0.3 is 14.9 Å². The number of rotatable bonds is 4. The Balaban J connectivity index is 2.28. The van der Waals surface area contributed by atoms with E-state index in [9.17, 15) is 0 Å². The maximum Gasteiger partial charge on any atom is 0.122 e. The third-order valence-electron chi connectivity index (χ3n) is 3.76. The number of furan rings is 1. The molecule has 0 aromatic carbocycles. The molecular formula is C14H24N2O2. The summed E-state index contributed by atoms with van der Waals surface area (Å²) in [6.07, 6.45) is 2.65. The van der Waals surface area contributed by atoms with Crippen LogP contribution >= 0.6 is 0 Å². The lowest BCUT2D eigenvalue weighted by molar-refractivity contribution is -0.0815. The van der Waals surface area contributed by atoms with Gasteiger partial charge in [0.1, 0.15) is 5.76 Å². The lowest BCUT2D eigenvalue weighted by atomic mass is 9.94. The van der Waals surface area contributed by atoms with E-state index in [-0.39, 0.29) is 17.6 Å². The average Bonchev–Trinajstić information content (AvgIpc) is 2.84. The summed E-state index contributed by atoms with van der Waals surface area (Å²) in [5.41, 5.74) is 6.31. The number of morpholine rings is 1. The lowest BCUT2D eigenvalue weighted by Crippen LogP contribution is -2.57. The van der Waals surface area contributed by atoms with Gasteiger partial charge in [0.05, 0.1) is 25.5 Å². The Morgan fingerprint density at radius 2 is 2.28 bits per heavy atom. The second kappa shape index (κ2) is 5.43. The summed E-state index contributed by atoms with van der Waals surface area (Å²) >= 11 is 0. The van der Waals surface area contributed by atoms with Crippen LogP contribution in [0, 0.1) is 0 Å². The topological polar surface area (TPSA) is 51.6 Å². The minimum atomic E-state index is -0.0114. The first kappa shape index (κ1) is 13.6. The van der Waals surface area contributed by atoms with E-state index >= 15 is 0 Å². The first-order valence-corrected chi connectivity index (χ1v) is 6.69. The van der Waals surface area contributed by atoms with Crippen molar-refractivity contribution in [2.75, 3.05) is 19.8 Å². The highest BCUT2D eigenvalue weighted by Gasteiger charge is 2.39. The zero-order valence-corrected chi connectivity index (χ0v) is 11.6. The minimum Gasteiger partial charge on any atom is -0.468 e. The monoisotopic (exact) mass is 252 g/mol. The summed E-state index contributed by atoms with van der Waals surface area (Å²) < 4.78 is 11.2. The molecule has 0 amide bonds. The van der Waals surface area contributed by atoms with Crippen molar-refractivity contribution in [2.45, 2.75) is 44.8 Å². The molecule has 4 heteroatoms. The van der Waals surface area contributed by atoms with Crippen molar-refractivity contribution >= 4 is 0 Å². The van der Waals surface area contributed by atoms with Crippen LogP contribution in [0.25, 0.3) is 0 Å². The van der Waals surface area contributed by atoms with Gasteiger partial charge in [0, 0.05) is 18.1 Å². The number of nitrogens with zero attached hydrogens (tertiary/aromatic N) is 1. The van der Waals surface area contributed by atoms with Crippen molar-refractivity contribution in [2.24, 2.45) is 5.73 Å². The molecule has 0 aliphatic carbocycles. The van der Waals surface area contributed by atoms with Gasteiger partial charge in [0.15, 0.2) is 0 Å². The molecule has 2 unspecified atom stereocenters. The summed E-state index contributed by atoms with van der Waals surface area (Å²) in [4.78, 5) is 2.42. The fraction of sp³-hybridized carbons (Fsp3) is 0.714. The molecule has 0 radical (unpaired) electrons. The fourth-order valence-electron chi connectivity index (χ4n) is 2.66. The quantitative estimate of drug-likeness (QED) is 0.892. The predicted molar refractivity (Wildman–Crippen MR) is 71.3 cm³/mol. The summed E-state index contributed by atoms with van der Waals surface area (Å²) in [6.45, 7) is 8.91. The minimum absolute atomic E-state index is 0.0114. The van der Waals surface area contributed by atoms with Crippen LogP contribution in [-0.4, -0.2) is 36.2 Å². The van der Waals surface area contributed by atoms with Gasteiger partial charge in [-0.1, -0.05) is 6.92 Å². The maximum atomic E-state index is 6.32. The molecule has 1 saturated heterocycles. The molecule has 1 aliphatic rings. The van der Waals surface area contributed by atoms with Crippen molar-refractivity contribution in [3.05, 3.63) is 24.2 Å². The second-order valence-corrected chi connectivity index (χ2v) is 5.59. The number of ether oxygens (including phenoxy) is 1. The molecule has 1 aromatic heterocycles. The molecule has 0 saturated carbocycles. The Bertz CT molecular complexity index is 362. The number of hydrogen-bond donors (Lipinski definition) is 1. The smallest absolute Gasteiger partial charge is 0.122 e. The van der Waals surface area contributed by atoms with E-state index in [4.69, 9.17) is 14.9 Å². The van der Waals surface area contributed by atoms with Gasteiger partial charge >= 0.3 is 0 Å². The Hall–Kier alpha value is -0.840. The lowest BCUT2D eigenvalue weighted by Gasteiger charge is -2.47. The molecule has 4 nitrogen and oxygen atoms in total.